The third kappa shape index (κ3) is 3.57. The van der Waals surface area contributed by atoms with Crippen molar-refractivity contribution in [3.05, 3.63) is 65.2 Å². The van der Waals surface area contributed by atoms with E-state index in [9.17, 15) is 5.11 Å². The summed E-state index contributed by atoms with van der Waals surface area (Å²) in [6.45, 7) is 5.62. The molecule has 0 aromatic heterocycles. The van der Waals surface area contributed by atoms with E-state index in [-0.39, 0.29) is 17.6 Å². The van der Waals surface area contributed by atoms with Gasteiger partial charge in [0.15, 0.2) is 0 Å². The van der Waals surface area contributed by atoms with E-state index in [4.69, 9.17) is 4.74 Å². The standard InChI is InChI=1S/C24H32N2O2/c1-18-7-5-8-19(17-18)28-16-6-15-26(2)22-20-9-3-4-10-21(20)24(23(22)27)11-13-25-14-12-24/h3-5,7-10,17,22-23,25,27H,6,11-16H2,1-2H3/t22-,23+/m1/s1. The monoisotopic (exact) mass is 380 g/mol. The minimum atomic E-state index is -0.352. The Morgan fingerprint density at radius 3 is 2.71 bits per heavy atom. The first-order valence-corrected chi connectivity index (χ1v) is 10.5. The first kappa shape index (κ1) is 19.4. The Balaban J connectivity index is 1.42. The molecule has 2 aromatic carbocycles. The van der Waals surface area contributed by atoms with Crippen LogP contribution in [0.1, 0.15) is 42.0 Å². The van der Waals surface area contributed by atoms with Crippen LogP contribution in [0.25, 0.3) is 0 Å². The number of likely N-dealkylation sites (N-methyl/N-ethyl adjacent to an activating group) is 1. The van der Waals surface area contributed by atoms with Gasteiger partial charge < -0.3 is 15.2 Å². The van der Waals surface area contributed by atoms with Gasteiger partial charge in [-0.2, -0.15) is 0 Å². The summed E-state index contributed by atoms with van der Waals surface area (Å²) in [6.07, 6.45) is 2.59. The zero-order valence-electron chi connectivity index (χ0n) is 17.0. The first-order chi connectivity index (χ1) is 13.6. The molecule has 1 saturated heterocycles. The lowest BCUT2D eigenvalue weighted by molar-refractivity contribution is 0.00550. The smallest absolute Gasteiger partial charge is 0.119 e. The average molecular weight is 381 g/mol. The molecule has 2 N–H and O–H groups in total. The molecule has 2 aliphatic rings. The number of aryl methyl sites for hydroxylation is 1. The van der Waals surface area contributed by atoms with Crippen LogP contribution in [-0.2, 0) is 5.41 Å². The summed E-state index contributed by atoms with van der Waals surface area (Å²) in [4.78, 5) is 2.32. The topological polar surface area (TPSA) is 44.7 Å². The van der Waals surface area contributed by atoms with Crippen molar-refractivity contribution < 1.29 is 9.84 Å². The molecule has 0 amide bonds. The van der Waals surface area contributed by atoms with Crippen LogP contribution in [0.5, 0.6) is 5.75 Å². The van der Waals surface area contributed by atoms with Crippen LogP contribution in [0.15, 0.2) is 48.5 Å². The Morgan fingerprint density at radius 2 is 1.93 bits per heavy atom. The molecule has 0 radical (unpaired) electrons. The number of aliphatic hydroxyl groups is 1. The lowest BCUT2D eigenvalue weighted by atomic mass is 9.72. The molecule has 4 heteroatoms. The molecule has 28 heavy (non-hydrogen) atoms. The Hall–Kier alpha value is -1.88. The maximum absolute atomic E-state index is 11.4. The third-order valence-electron chi connectivity index (χ3n) is 6.57. The van der Waals surface area contributed by atoms with Crippen molar-refractivity contribution in [2.24, 2.45) is 0 Å². The number of ether oxygens (including phenoxy) is 1. The summed E-state index contributed by atoms with van der Waals surface area (Å²) in [6, 6.07) is 16.9. The summed E-state index contributed by atoms with van der Waals surface area (Å²) < 4.78 is 5.91. The van der Waals surface area contributed by atoms with Crippen molar-refractivity contribution in [1.82, 2.24) is 10.2 Å². The molecule has 150 valence electrons. The van der Waals surface area contributed by atoms with Crippen LogP contribution in [0.4, 0.5) is 0 Å². The number of rotatable bonds is 6. The normalized spacial score (nSPS) is 23.1. The van der Waals surface area contributed by atoms with E-state index in [0.717, 1.165) is 44.6 Å². The van der Waals surface area contributed by atoms with Crippen LogP contribution < -0.4 is 10.1 Å². The highest BCUT2D eigenvalue weighted by molar-refractivity contribution is 5.45. The zero-order valence-corrected chi connectivity index (χ0v) is 17.0. The molecule has 1 aliphatic carbocycles. The molecule has 4 nitrogen and oxygen atoms in total. The molecule has 2 atom stereocenters. The van der Waals surface area contributed by atoms with E-state index >= 15 is 0 Å². The fourth-order valence-corrected chi connectivity index (χ4v) is 5.10. The van der Waals surface area contributed by atoms with Gasteiger partial charge >= 0.3 is 0 Å². The second kappa shape index (κ2) is 8.24. The molecule has 0 bridgehead atoms. The molecule has 1 heterocycles. The van der Waals surface area contributed by atoms with Crippen molar-refractivity contribution in [3.63, 3.8) is 0 Å². The lowest BCUT2D eigenvalue weighted by Crippen LogP contribution is -2.48. The summed E-state index contributed by atoms with van der Waals surface area (Å²) >= 11 is 0. The van der Waals surface area contributed by atoms with Crippen LogP contribution in [0.3, 0.4) is 0 Å². The summed E-state index contributed by atoms with van der Waals surface area (Å²) in [5.74, 6) is 0.933. The van der Waals surface area contributed by atoms with Gasteiger partial charge in [-0.15, -0.1) is 0 Å². The molecular weight excluding hydrogens is 348 g/mol. The van der Waals surface area contributed by atoms with Gasteiger partial charge in [-0.1, -0.05) is 36.4 Å². The Bertz CT molecular complexity index is 801. The second-order valence-electron chi connectivity index (χ2n) is 8.38. The van der Waals surface area contributed by atoms with Crippen molar-refractivity contribution in [2.45, 2.75) is 43.7 Å². The quantitative estimate of drug-likeness (QED) is 0.754. The number of hydrogen-bond donors (Lipinski definition) is 2. The van der Waals surface area contributed by atoms with E-state index in [0.29, 0.717) is 6.61 Å². The van der Waals surface area contributed by atoms with Gasteiger partial charge in [0.05, 0.1) is 18.8 Å². The Kier molecular flexibility index (Phi) is 5.72. The fourth-order valence-electron chi connectivity index (χ4n) is 5.10. The molecule has 4 rings (SSSR count). The van der Waals surface area contributed by atoms with Crippen molar-refractivity contribution in [1.29, 1.82) is 0 Å². The maximum Gasteiger partial charge on any atom is 0.119 e. The Labute approximate surface area is 168 Å². The predicted octanol–water partition coefficient (Wildman–Crippen LogP) is 3.43. The molecule has 1 aliphatic heterocycles. The van der Waals surface area contributed by atoms with Crippen molar-refractivity contribution in [3.8, 4) is 5.75 Å². The van der Waals surface area contributed by atoms with Crippen LogP contribution >= 0.6 is 0 Å². The van der Waals surface area contributed by atoms with Crippen LogP contribution in [-0.4, -0.2) is 49.4 Å². The number of aliphatic hydroxyl groups excluding tert-OH is 1. The average Bonchev–Trinajstić information content (AvgIpc) is 2.94. The minimum absolute atomic E-state index is 0.0632. The lowest BCUT2D eigenvalue weighted by Gasteiger charge is -2.40. The number of hydrogen-bond acceptors (Lipinski definition) is 4. The maximum atomic E-state index is 11.4. The predicted molar refractivity (Wildman–Crippen MR) is 113 cm³/mol. The van der Waals surface area contributed by atoms with E-state index in [1.807, 2.05) is 12.1 Å². The summed E-state index contributed by atoms with van der Waals surface area (Å²) in [7, 11) is 2.14. The number of benzene rings is 2. The SMILES string of the molecule is Cc1cccc(OCCCN(C)[C@@H]2c3ccccc3C3(CCNCC3)[C@H]2O)c1. The highest BCUT2D eigenvalue weighted by atomic mass is 16.5. The zero-order chi connectivity index (χ0) is 19.6. The van der Waals surface area contributed by atoms with E-state index in [2.05, 4.69) is 60.6 Å². The third-order valence-corrected chi connectivity index (χ3v) is 6.57. The van der Waals surface area contributed by atoms with Gasteiger partial charge in [0.1, 0.15) is 5.75 Å². The van der Waals surface area contributed by atoms with Gasteiger partial charge in [-0.3, -0.25) is 4.90 Å². The molecule has 1 spiro atoms. The molecule has 2 aromatic rings. The van der Waals surface area contributed by atoms with E-state index in [1.165, 1.54) is 16.7 Å². The minimum Gasteiger partial charge on any atom is -0.494 e. The number of nitrogens with one attached hydrogen (secondary N) is 1. The highest BCUT2D eigenvalue weighted by Gasteiger charge is 2.52. The van der Waals surface area contributed by atoms with Crippen LogP contribution in [0.2, 0.25) is 0 Å². The molecular formula is C24H32N2O2. The van der Waals surface area contributed by atoms with Gasteiger partial charge in [0.2, 0.25) is 0 Å². The molecule has 1 fully saturated rings. The van der Waals surface area contributed by atoms with Gasteiger partial charge in [-0.05, 0) is 75.1 Å². The Morgan fingerprint density at radius 1 is 1.14 bits per heavy atom. The summed E-state index contributed by atoms with van der Waals surface area (Å²) in [5, 5.41) is 14.9. The van der Waals surface area contributed by atoms with Gasteiger partial charge in [0.25, 0.3) is 0 Å². The van der Waals surface area contributed by atoms with Gasteiger partial charge in [0, 0.05) is 12.0 Å². The fraction of sp³-hybridized carbons (Fsp3) is 0.500. The van der Waals surface area contributed by atoms with E-state index in [1.54, 1.807) is 0 Å². The number of fused-ring (bicyclic) bond motifs is 2. The highest BCUT2D eigenvalue weighted by Crippen LogP contribution is 2.51. The van der Waals surface area contributed by atoms with E-state index < -0.39 is 0 Å². The van der Waals surface area contributed by atoms with Gasteiger partial charge in [-0.25, -0.2) is 0 Å². The van der Waals surface area contributed by atoms with Crippen LogP contribution in [0, 0.1) is 6.92 Å². The largest absolute Gasteiger partial charge is 0.494 e. The number of nitrogens with zero attached hydrogens (tertiary/aromatic N) is 1. The first-order valence-electron chi connectivity index (χ1n) is 10.5. The molecule has 0 unspecified atom stereocenters. The second-order valence-corrected chi connectivity index (χ2v) is 8.38. The number of piperidine rings is 1. The summed E-state index contributed by atoms with van der Waals surface area (Å²) in [5.41, 5.74) is 3.78. The molecule has 0 saturated carbocycles. The van der Waals surface area contributed by atoms with Crippen molar-refractivity contribution in [2.75, 3.05) is 33.3 Å². The van der Waals surface area contributed by atoms with Crippen molar-refractivity contribution >= 4 is 0 Å².